The van der Waals surface area contributed by atoms with E-state index in [1.165, 1.54) is 0 Å². The highest BCUT2D eigenvalue weighted by atomic mass is 16.5. The fourth-order valence-electron chi connectivity index (χ4n) is 1.84. The first-order valence-corrected chi connectivity index (χ1v) is 6.75. The summed E-state index contributed by atoms with van der Waals surface area (Å²) in [6.45, 7) is 4.32. The Kier molecular flexibility index (Phi) is 4.96. The summed E-state index contributed by atoms with van der Waals surface area (Å²) in [4.78, 5) is 4.20. The van der Waals surface area contributed by atoms with Crippen molar-refractivity contribution >= 4 is 5.69 Å². The number of ether oxygens (including phenoxy) is 1. The molecule has 2 rings (SSSR count). The van der Waals surface area contributed by atoms with Crippen LogP contribution < -0.4 is 10.1 Å². The number of aromatic nitrogens is 1. The molecule has 0 aliphatic carbocycles. The van der Waals surface area contributed by atoms with Crippen molar-refractivity contribution < 1.29 is 9.84 Å². The summed E-state index contributed by atoms with van der Waals surface area (Å²) in [6.07, 6.45) is 1.18. The van der Waals surface area contributed by atoms with Gasteiger partial charge in [0, 0.05) is 12.7 Å². The molecule has 4 heteroatoms. The third kappa shape index (κ3) is 3.96. The van der Waals surface area contributed by atoms with E-state index in [4.69, 9.17) is 4.74 Å². The van der Waals surface area contributed by atoms with Gasteiger partial charge in [-0.2, -0.15) is 0 Å². The van der Waals surface area contributed by atoms with Crippen molar-refractivity contribution in [3.63, 3.8) is 0 Å². The van der Waals surface area contributed by atoms with Gasteiger partial charge in [-0.05, 0) is 31.5 Å². The van der Waals surface area contributed by atoms with Gasteiger partial charge in [0.2, 0.25) is 5.88 Å². The van der Waals surface area contributed by atoms with Crippen LogP contribution in [0.15, 0.2) is 48.7 Å². The van der Waals surface area contributed by atoms with Gasteiger partial charge in [0.1, 0.15) is 0 Å². The molecule has 1 unspecified atom stereocenters. The van der Waals surface area contributed by atoms with Crippen molar-refractivity contribution in [2.24, 2.45) is 0 Å². The average molecular weight is 272 g/mol. The molecule has 1 aromatic heterocycles. The van der Waals surface area contributed by atoms with Crippen LogP contribution in [-0.4, -0.2) is 22.7 Å². The highest BCUT2D eigenvalue weighted by Crippen LogP contribution is 2.23. The quantitative estimate of drug-likeness (QED) is 0.848. The van der Waals surface area contributed by atoms with E-state index in [1.807, 2.05) is 56.3 Å². The first-order chi connectivity index (χ1) is 9.66. The van der Waals surface area contributed by atoms with Crippen LogP contribution in [0.25, 0.3) is 0 Å². The van der Waals surface area contributed by atoms with Crippen molar-refractivity contribution in [2.75, 3.05) is 11.9 Å². The van der Waals surface area contributed by atoms with E-state index in [2.05, 4.69) is 10.3 Å². The molecule has 0 aliphatic heterocycles. The van der Waals surface area contributed by atoms with Crippen LogP contribution in [0.2, 0.25) is 0 Å². The van der Waals surface area contributed by atoms with Crippen LogP contribution in [0.5, 0.6) is 5.88 Å². The average Bonchev–Trinajstić information content (AvgIpc) is 2.46. The molecule has 2 N–H and O–H groups in total. The maximum atomic E-state index is 10.1. The fraction of sp³-hybridized carbons (Fsp3) is 0.312. The van der Waals surface area contributed by atoms with Crippen LogP contribution in [0.3, 0.4) is 0 Å². The molecule has 0 saturated heterocycles. The third-order valence-corrected chi connectivity index (χ3v) is 2.79. The Balaban J connectivity index is 2.00. The molecule has 1 aromatic carbocycles. The van der Waals surface area contributed by atoms with E-state index in [0.29, 0.717) is 12.4 Å². The van der Waals surface area contributed by atoms with Gasteiger partial charge in [-0.15, -0.1) is 0 Å². The van der Waals surface area contributed by atoms with E-state index in [1.54, 1.807) is 6.20 Å². The number of nitrogens with zero attached hydrogens (tertiary/aromatic N) is 1. The lowest BCUT2D eigenvalue weighted by molar-refractivity contribution is 0.191. The summed E-state index contributed by atoms with van der Waals surface area (Å²) in [5.41, 5.74) is 1.67. The molecule has 106 valence electrons. The number of hydrogen-bond acceptors (Lipinski definition) is 4. The van der Waals surface area contributed by atoms with Gasteiger partial charge in [-0.25, -0.2) is 4.98 Å². The Morgan fingerprint density at radius 2 is 1.90 bits per heavy atom. The molecular formula is C16H20N2O2. The predicted octanol–water partition coefficient (Wildman–Crippen LogP) is 3.01. The second-order valence-electron chi connectivity index (χ2n) is 4.83. The molecule has 1 atom stereocenters. The number of nitrogens with one attached hydrogen (secondary N) is 1. The van der Waals surface area contributed by atoms with Gasteiger partial charge in [0.25, 0.3) is 0 Å². The van der Waals surface area contributed by atoms with Gasteiger partial charge < -0.3 is 15.2 Å². The van der Waals surface area contributed by atoms with E-state index in [0.717, 1.165) is 11.3 Å². The lowest BCUT2D eigenvalue weighted by Gasteiger charge is -2.16. The monoisotopic (exact) mass is 272 g/mol. The molecule has 0 amide bonds. The normalized spacial score (nSPS) is 12.2. The topological polar surface area (TPSA) is 54.4 Å². The summed E-state index contributed by atoms with van der Waals surface area (Å²) in [5.74, 6) is 0.558. The van der Waals surface area contributed by atoms with Crippen molar-refractivity contribution in [1.82, 2.24) is 4.98 Å². The van der Waals surface area contributed by atoms with Crippen LogP contribution in [-0.2, 0) is 0 Å². The lowest BCUT2D eigenvalue weighted by atomic mass is 10.1. The number of hydrogen-bond donors (Lipinski definition) is 2. The second-order valence-corrected chi connectivity index (χ2v) is 4.83. The molecule has 1 heterocycles. The number of rotatable bonds is 6. The zero-order valence-corrected chi connectivity index (χ0v) is 11.8. The molecule has 2 aromatic rings. The first kappa shape index (κ1) is 14.3. The van der Waals surface area contributed by atoms with Gasteiger partial charge in [-0.1, -0.05) is 30.3 Å². The van der Waals surface area contributed by atoms with Crippen LogP contribution in [0, 0.1) is 0 Å². The first-order valence-electron chi connectivity index (χ1n) is 6.75. The Hall–Kier alpha value is -2.07. The van der Waals surface area contributed by atoms with Crippen molar-refractivity contribution in [3.8, 4) is 5.88 Å². The molecule has 0 spiro atoms. The zero-order valence-electron chi connectivity index (χ0n) is 11.8. The Labute approximate surface area is 119 Å². The largest absolute Gasteiger partial charge is 0.473 e. The number of aliphatic hydroxyl groups is 1. The van der Waals surface area contributed by atoms with Gasteiger partial charge in [-0.3, -0.25) is 0 Å². The van der Waals surface area contributed by atoms with Gasteiger partial charge >= 0.3 is 0 Å². The molecule has 0 radical (unpaired) electrons. The number of aliphatic hydroxyl groups excluding tert-OH is 1. The van der Waals surface area contributed by atoms with Gasteiger partial charge in [0.15, 0.2) is 0 Å². The summed E-state index contributed by atoms with van der Waals surface area (Å²) in [7, 11) is 0. The third-order valence-electron chi connectivity index (χ3n) is 2.79. The van der Waals surface area contributed by atoms with Crippen molar-refractivity contribution in [1.29, 1.82) is 0 Å². The Morgan fingerprint density at radius 3 is 2.60 bits per heavy atom. The minimum Gasteiger partial charge on any atom is -0.473 e. The number of anilines is 1. The number of benzene rings is 1. The SMILES string of the molecule is CC(C)Oc1ncccc1NCC(O)c1ccccc1. The summed E-state index contributed by atoms with van der Waals surface area (Å²) in [6, 6.07) is 13.3. The van der Waals surface area contributed by atoms with Crippen molar-refractivity contribution in [2.45, 2.75) is 26.1 Å². The lowest BCUT2D eigenvalue weighted by Crippen LogP contribution is -2.14. The van der Waals surface area contributed by atoms with Crippen LogP contribution in [0.4, 0.5) is 5.69 Å². The van der Waals surface area contributed by atoms with Gasteiger partial charge in [0.05, 0.1) is 17.9 Å². The van der Waals surface area contributed by atoms with E-state index in [-0.39, 0.29) is 6.10 Å². The minimum atomic E-state index is -0.566. The zero-order chi connectivity index (χ0) is 14.4. The highest BCUT2D eigenvalue weighted by Gasteiger charge is 2.10. The second kappa shape index (κ2) is 6.91. The summed E-state index contributed by atoms with van der Waals surface area (Å²) in [5, 5.41) is 13.3. The van der Waals surface area contributed by atoms with Crippen LogP contribution >= 0.6 is 0 Å². The molecule has 0 fully saturated rings. The minimum absolute atomic E-state index is 0.0597. The van der Waals surface area contributed by atoms with E-state index in [9.17, 15) is 5.11 Å². The molecule has 0 bridgehead atoms. The highest BCUT2D eigenvalue weighted by molar-refractivity contribution is 5.52. The standard InChI is InChI=1S/C16H20N2O2/c1-12(2)20-16-14(9-6-10-17-16)18-11-15(19)13-7-4-3-5-8-13/h3-10,12,15,18-19H,11H2,1-2H3. The maximum Gasteiger partial charge on any atom is 0.237 e. The molecular weight excluding hydrogens is 252 g/mol. The molecule has 0 aliphatic rings. The van der Waals surface area contributed by atoms with Crippen LogP contribution in [0.1, 0.15) is 25.5 Å². The molecule has 20 heavy (non-hydrogen) atoms. The molecule has 4 nitrogen and oxygen atoms in total. The maximum absolute atomic E-state index is 10.1. The Bertz CT molecular complexity index is 529. The molecule has 0 saturated carbocycles. The Morgan fingerprint density at radius 1 is 1.15 bits per heavy atom. The fourth-order valence-corrected chi connectivity index (χ4v) is 1.84. The van der Waals surface area contributed by atoms with Crippen molar-refractivity contribution in [3.05, 3.63) is 54.2 Å². The van der Waals surface area contributed by atoms with E-state index >= 15 is 0 Å². The summed E-state index contributed by atoms with van der Waals surface area (Å²) >= 11 is 0. The number of pyridine rings is 1. The smallest absolute Gasteiger partial charge is 0.237 e. The summed E-state index contributed by atoms with van der Waals surface area (Å²) < 4.78 is 5.63. The van der Waals surface area contributed by atoms with E-state index < -0.39 is 6.10 Å². The predicted molar refractivity (Wildman–Crippen MR) is 79.9 cm³/mol.